The predicted molar refractivity (Wildman–Crippen MR) is 143 cm³/mol. The number of nitrogens with one attached hydrogen (secondary N) is 1. The maximum Gasteiger partial charge on any atom is 0.404 e. The van der Waals surface area contributed by atoms with Crippen LogP contribution in [0.25, 0.3) is 0 Å². The van der Waals surface area contributed by atoms with Gasteiger partial charge in [0.1, 0.15) is 29.2 Å². The van der Waals surface area contributed by atoms with Crippen LogP contribution in [0, 0.1) is 5.41 Å². The number of hydrogen-bond acceptors (Lipinski definition) is 6. The highest BCUT2D eigenvalue weighted by atomic mass is 16.5. The fourth-order valence-corrected chi connectivity index (χ4v) is 5.46. The zero-order valence-electron chi connectivity index (χ0n) is 21.7. The summed E-state index contributed by atoms with van der Waals surface area (Å²) in [6, 6.07) is 20.3. The standard InChI is InChI=1S/C30H33N3O5/c1-29(2,21-5-9-24(10-6-21)38-26-13-22(14-26)32-28(34)35)20-3-7-23(8-4-20)37-25-11-12-27(31-15-25)33-16-30(17-33)18-36-19-30/h3-12,15,22,26,32H,13-14,16-19H2,1-2H3,(H,34,35)/t22-,26-. The molecule has 38 heavy (non-hydrogen) atoms. The Hall–Kier alpha value is -3.78. The van der Waals surface area contributed by atoms with Gasteiger partial charge in [-0.05, 0) is 47.5 Å². The SMILES string of the molecule is CC(C)(c1ccc(Oc2ccc(N3CC4(COC4)C3)nc2)cc1)c1ccc(O[C@H]2C[C@H](NC(=O)O)C2)cc1. The molecule has 3 aliphatic rings. The molecule has 3 aromatic rings. The second-order valence-corrected chi connectivity index (χ2v) is 11.3. The van der Waals surface area contributed by atoms with E-state index in [9.17, 15) is 4.79 Å². The summed E-state index contributed by atoms with van der Waals surface area (Å²) in [6.45, 7) is 8.17. The lowest BCUT2D eigenvalue weighted by Crippen LogP contribution is -2.66. The lowest BCUT2D eigenvalue weighted by Gasteiger charge is -2.55. The van der Waals surface area contributed by atoms with Gasteiger partial charge in [-0.2, -0.15) is 0 Å². The monoisotopic (exact) mass is 515 g/mol. The molecular formula is C30H33N3O5. The Morgan fingerprint density at radius 1 is 0.974 bits per heavy atom. The number of amides is 1. The first-order valence-electron chi connectivity index (χ1n) is 13.1. The molecule has 2 aliphatic heterocycles. The van der Waals surface area contributed by atoms with E-state index < -0.39 is 6.09 Å². The third-order valence-electron chi connectivity index (χ3n) is 8.03. The van der Waals surface area contributed by atoms with Gasteiger partial charge in [-0.15, -0.1) is 0 Å². The quantitative estimate of drug-likeness (QED) is 0.425. The normalized spacial score (nSPS) is 21.6. The summed E-state index contributed by atoms with van der Waals surface area (Å²) in [5.74, 6) is 3.27. The molecule has 0 atom stereocenters. The van der Waals surface area contributed by atoms with Crippen LogP contribution in [0.5, 0.6) is 17.2 Å². The largest absolute Gasteiger partial charge is 0.490 e. The summed E-state index contributed by atoms with van der Waals surface area (Å²) >= 11 is 0. The zero-order chi connectivity index (χ0) is 26.3. The molecular weight excluding hydrogens is 482 g/mol. The van der Waals surface area contributed by atoms with E-state index in [2.05, 4.69) is 53.3 Å². The third kappa shape index (κ3) is 4.88. The van der Waals surface area contributed by atoms with Crippen molar-refractivity contribution in [1.82, 2.24) is 10.3 Å². The second-order valence-electron chi connectivity index (χ2n) is 11.3. The predicted octanol–water partition coefficient (Wildman–Crippen LogP) is 5.21. The minimum Gasteiger partial charge on any atom is -0.490 e. The van der Waals surface area contributed by atoms with Gasteiger partial charge < -0.3 is 29.5 Å². The number of nitrogens with zero attached hydrogens (tertiary/aromatic N) is 2. The number of hydrogen-bond donors (Lipinski definition) is 2. The van der Waals surface area contributed by atoms with Crippen LogP contribution in [0.2, 0.25) is 0 Å². The van der Waals surface area contributed by atoms with E-state index >= 15 is 0 Å². The van der Waals surface area contributed by atoms with Gasteiger partial charge in [0.15, 0.2) is 0 Å². The van der Waals surface area contributed by atoms with Crippen LogP contribution in [0.3, 0.4) is 0 Å². The number of pyridine rings is 1. The molecule has 6 rings (SSSR count). The summed E-state index contributed by atoms with van der Waals surface area (Å²) < 4.78 is 17.4. The highest BCUT2D eigenvalue weighted by Crippen LogP contribution is 2.40. The van der Waals surface area contributed by atoms with Gasteiger partial charge in [-0.3, -0.25) is 0 Å². The van der Waals surface area contributed by atoms with Gasteiger partial charge in [-0.1, -0.05) is 38.1 Å². The molecule has 198 valence electrons. The smallest absolute Gasteiger partial charge is 0.404 e. The van der Waals surface area contributed by atoms with Crippen molar-refractivity contribution in [1.29, 1.82) is 0 Å². The summed E-state index contributed by atoms with van der Waals surface area (Å²) in [5.41, 5.74) is 2.52. The Labute approximate surface area is 222 Å². The maximum absolute atomic E-state index is 10.7. The van der Waals surface area contributed by atoms with Gasteiger partial charge in [0.25, 0.3) is 0 Å². The summed E-state index contributed by atoms with van der Waals surface area (Å²) in [4.78, 5) is 17.6. The lowest BCUT2D eigenvalue weighted by atomic mass is 9.78. The highest BCUT2D eigenvalue weighted by molar-refractivity contribution is 5.65. The van der Waals surface area contributed by atoms with E-state index in [0.717, 1.165) is 49.4 Å². The molecule has 1 saturated carbocycles. The number of aromatic nitrogens is 1. The van der Waals surface area contributed by atoms with E-state index in [0.29, 0.717) is 18.3 Å². The van der Waals surface area contributed by atoms with Gasteiger partial charge in [-0.25, -0.2) is 9.78 Å². The number of benzene rings is 2. The van der Waals surface area contributed by atoms with E-state index in [1.165, 1.54) is 11.1 Å². The Morgan fingerprint density at radius 3 is 2.11 bits per heavy atom. The molecule has 0 bridgehead atoms. The van der Waals surface area contributed by atoms with Crippen LogP contribution in [0.15, 0.2) is 66.9 Å². The molecule has 3 fully saturated rings. The molecule has 3 heterocycles. The summed E-state index contributed by atoms with van der Waals surface area (Å²) in [6.07, 6.45) is 2.25. The van der Waals surface area contributed by atoms with E-state index in [1.54, 1.807) is 6.20 Å². The summed E-state index contributed by atoms with van der Waals surface area (Å²) in [7, 11) is 0. The minimum atomic E-state index is -0.981. The molecule has 0 radical (unpaired) electrons. The number of ether oxygens (including phenoxy) is 3. The average Bonchev–Trinajstić information content (AvgIpc) is 2.82. The van der Waals surface area contributed by atoms with E-state index in [4.69, 9.17) is 19.3 Å². The molecule has 1 aliphatic carbocycles. The Balaban J connectivity index is 1.03. The fraction of sp³-hybridized carbons (Fsp3) is 0.400. The molecule has 2 aromatic carbocycles. The Kier molecular flexibility index (Phi) is 6.14. The number of carbonyl (C=O) groups is 1. The van der Waals surface area contributed by atoms with Gasteiger partial charge >= 0.3 is 6.09 Å². The van der Waals surface area contributed by atoms with Crippen LogP contribution < -0.4 is 19.7 Å². The maximum atomic E-state index is 10.7. The number of anilines is 1. The Bertz CT molecular complexity index is 1270. The molecule has 0 unspecified atom stereocenters. The van der Waals surface area contributed by atoms with Crippen molar-refractivity contribution in [3.8, 4) is 17.2 Å². The van der Waals surface area contributed by atoms with Crippen molar-refractivity contribution < 1.29 is 24.1 Å². The van der Waals surface area contributed by atoms with Crippen LogP contribution in [0.1, 0.15) is 37.8 Å². The van der Waals surface area contributed by atoms with Crippen molar-refractivity contribution in [3.05, 3.63) is 78.0 Å². The van der Waals surface area contributed by atoms with Crippen LogP contribution in [-0.4, -0.2) is 54.6 Å². The minimum absolute atomic E-state index is 0.0148. The molecule has 2 N–H and O–H groups in total. The third-order valence-corrected chi connectivity index (χ3v) is 8.03. The molecule has 1 spiro atoms. The first-order valence-corrected chi connectivity index (χ1v) is 13.1. The fourth-order valence-electron chi connectivity index (χ4n) is 5.46. The van der Waals surface area contributed by atoms with E-state index in [-0.39, 0.29) is 17.6 Å². The topological polar surface area (TPSA) is 93.2 Å². The van der Waals surface area contributed by atoms with Crippen LogP contribution in [-0.2, 0) is 10.2 Å². The Morgan fingerprint density at radius 2 is 1.58 bits per heavy atom. The van der Waals surface area contributed by atoms with Gasteiger partial charge in [0.2, 0.25) is 0 Å². The number of rotatable bonds is 8. The lowest BCUT2D eigenvalue weighted by molar-refractivity contribution is -0.127. The van der Waals surface area contributed by atoms with Gasteiger partial charge in [0, 0.05) is 37.4 Å². The van der Waals surface area contributed by atoms with Crippen molar-refractivity contribution >= 4 is 11.9 Å². The zero-order valence-corrected chi connectivity index (χ0v) is 21.7. The molecule has 8 heteroatoms. The van der Waals surface area contributed by atoms with Crippen LogP contribution >= 0.6 is 0 Å². The van der Waals surface area contributed by atoms with Crippen LogP contribution in [0.4, 0.5) is 10.6 Å². The first kappa shape index (κ1) is 24.6. The molecule has 1 amide bonds. The first-order chi connectivity index (χ1) is 18.3. The van der Waals surface area contributed by atoms with E-state index in [1.807, 2.05) is 36.4 Å². The van der Waals surface area contributed by atoms with Crippen molar-refractivity contribution in [2.24, 2.45) is 5.41 Å². The van der Waals surface area contributed by atoms with Crippen molar-refractivity contribution in [2.75, 3.05) is 31.2 Å². The van der Waals surface area contributed by atoms with Gasteiger partial charge in [0.05, 0.1) is 24.8 Å². The second kappa shape index (κ2) is 9.51. The molecule has 8 nitrogen and oxygen atoms in total. The van der Waals surface area contributed by atoms with Crippen molar-refractivity contribution in [2.45, 2.75) is 44.2 Å². The van der Waals surface area contributed by atoms with Crippen molar-refractivity contribution in [3.63, 3.8) is 0 Å². The molecule has 1 aromatic heterocycles. The average molecular weight is 516 g/mol. The highest BCUT2D eigenvalue weighted by Gasteiger charge is 2.49. The summed E-state index contributed by atoms with van der Waals surface area (Å²) in [5, 5.41) is 11.3. The molecule has 2 saturated heterocycles. The number of carboxylic acid groups (broad SMARTS) is 1.